The number of carbonyl (C=O) groups excluding carboxylic acids is 3. The van der Waals surface area contributed by atoms with Gasteiger partial charge in [0.1, 0.15) is 6.61 Å². The average Bonchev–Trinajstić information content (AvgIpc) is 2.82. The Bertz CT molecular complexity index is 851. The Morgan fingerprint density at radius 1 is 1.09 bits per heavy atom. The van der Waals surface area contributed by atoms with Crippen molar-refractivity contribution in [1.82, 2.24) is 20.0 Å². The molecule has 4 amide bonds. The van der Waals surface area contributed by atoms with Crippen molar-refractivity contribution in [3.05, 3.63) is 35.4 Å². The van der Waals surface area contributed by atoms with Crippen molar-refractivity contribution in [3.8, 4) is 0 Å². The Kier molecular flexibility index (Phi) is 10.7. The average molecular weight is 489 g/mol. The van der Waals surface area contributed by atoms with Crippen molar-refractivity contribution < 1.29 is 19.1 Å². The summed E-state index contributed by atoms with van der Waals surface area (Å²) in [4.78, 5) is 44.0. The van der Waals surface area contributed by atoms with E-state index in [1.807, 2.05) is 59.1 Å². The molecule has 0 saturated carbocycles. The lowest BCUT2D eigenvalue weighted by molar-refractivity contribution is -0.211. The number of likely N-dealkylation sites (tertiary alicyclic amines) is 1. The minimum atomic E-state index is -0.786. The number of urea groups is 1. The number of aryl methyl sites for hydroxylation is 1. The largest absolute Gasteiger partial charge is 0.347 e. The summed E-state index contributed by atoms with van der Waals surface area (Å²) >= 11 is 0. The van der Waals surface area contributed by atoms with E-state index in [-0.39, 0.29) is 24.5 Å². The van der Waals surface area contributed by atoms with E-state index in [1.54, 1.807) is 11.9 Å². The fraction of sp³-hybridized carbons (Fsp3) is 0.667. The molecule has 1 saturated heterocycles. The van der Waals surface area contributed by atoms with Gasteiger partial charge in [0.15, 0.2) is 6.23 Å². The molecule has 1 N–H and O–H groups in total. The number of hydrogen-bond acceptors (Lipinski definition) is 5. The Morgan fingerprint density at radius 2 is 1.71 bits per heavy atom. The molecule has 0 aromatic heterocycles. The zero-order chi connectivity index (χ0) is 26.2. The standard InChI is InChI=1S/C27H44N4O4/c1-8-12-22(21-15-13-20(4)14-16-21)28-26(34)31-24(33)27(9-2,10-3)25(31)35-19-23(32)30(7)18-11-17-29(5)6/h13-16,22,25H,8-12,17-19H2,1-7H3,(H,28,34)/t22-,25?/m1/s1. The number of β-lactam (4-membered cyclic amide) rings is 1. The van der Waals surface area contributed by atoms with Gasteiger partial charge in [0, 0.05) is 13.6 Å². The highest BCUT2D eigenvalue weighted by molar-refractivity contribution is 6.03. The molecule has 1 aromatic rings. The van der Waals surface area contributed by atoms with E-state index in [2.05, 4.69) is 17.1 Å². The van der Waals surface area contributed by atoms with Crippen molar-refractivity contribution in [1.29, 1.82) is 0 Å². The van der Waals surface area contributed by atoms with Crippen LogP contribution in [0.2, 0.25) is 0 Å². The molecule has 35 heavy (non-hydrogen) atoms. The molecule has 0 aliphatic carbocycles. The van der Waals surface area contributed by atoms with Gasteiger partial charge in [-0.3, -0.25) is 9.59 Å². The molecule has 8 nitrogen and oxygen atoms in total. The van der Waals surface area contributed by atoms with Gasteiger partial charge in [-0.25, -0.2) is 9.69 Å². The van der Waals surface area contributed by atoms with Crippen LogP contribution in [0.25, 0.3) is 0 Å². The Labute approximate surface area is 211 Å². The summed E-state index contributed by atoms with van der Waals surface area (Å²) < 4.78 is 6.00. The molecular weight excluding hydrogens is 444 g/mol. The monoisotopic (exact) mass is 488 g/mol. The predicted octanol–water partition coefficient (Wildman–Crippen LogP) is 3.95. The lowest BCUT2D eigenvalue weighted by Gasteiger charge is -2.53. The zero-order valence-electron chi connectivity index (χ0n) is 22.6. The molecule has 2 atom stereocenters. The maximum atomic E-state index is 13.3. The highest BCUT2D eigenvalue weighted by Gasteiger charge is 2.62. The van der Waals surface area contributed by atoms with Crippen LogP contribution < -0.4 is 5.32 Å². The lowest BCUT2D eigenvalue weighted by Crippen LogP contribution is -2.72. The first kappa shape index (κ1) is 28.8. The Hall–Kier alpha value is -2.45. The van der Waals surface area contributed by atoms with E-state index in [0.29, 0.717) is 19.4 Å². The number of likely N-dealkylation sites (N-methyl/N-ethyl adjacent to an activating group) is 1. The van der Waals surface area contributed by atoms with Crippen LogP contribution in [0.1, 0.15) is 70.0 Å². The van der Waals surface area contributed by atoms with Gasteiger partial charge in [-0.15, -0.1) is 0 Å². The van der Waals surface area contributed by atoms with E-state index in [1.165, 1.54) is 4.90 Å². The molecule has 8 heteroatoms. The number of nitrogens with zero attached hydrogens (tertiary/aromatic N) is 3. The molecule has 1 unspecified atom stereocenters. The van der Waals surface area contributed by atoms with Crippen LogP contribution in [0, 0.1) is 12.3 Å². The van der Waals surface area contributed by atoms with Gasteiger partial charge in [0.05, 0.1) is 11.5 Å². The van der Waals surface area contributed by atoms with Crippen molar-refractivity contribution in [2.45, 2.75) is 72.1 Å². The second-order valence-corrected chi connectivity index (χ2v) is 9.88. The number of amides is 4. The van der Waals surface area contributed by atoms with Crippen molar-refractivity contribution >= 4 is 17.8 Å². The quantitative estimate of drug-likeness (QED) is 0.425. The van der Waals surface area contributed by atoms with Crippen LogP contribution >= 0.6 is 0 Å². The molecule has 1 fully saturated rings. The molecule has 0 spiro atoms. The second-order valence-electron chi connectivity index (χ2n) is 9.88. The van der Waals surface area contributed by atoms with Gasteiger partial charge in [-0.05, 0) is 58.8 Å². The van der Waals surface area contributed by atoms with Gasteiger partial charge in [-0.2, -0.15) is 0 Å². The number of hydrogen-bond donors (Lipinski definition) is 1. The van der Waals surface area contributed by atoms with Crippen molar-refractivity contribution in [2.24, 2.45) is 5.41 Å². The van der Waals surface area contributed by atoms with Gasteiger partial charge >= 0.3 is 6.03 Å². The molecule has 1 heterocycles. The topological polar surface area (TPSA) is 82.2 Å². The number of ether oxygens (including phenoxy) is 1. The third-order valence-corrected chi connectivity index (χ3v) is 7.08. The normalized spacial score (nSPS) is 17.8. The van der Waals surface area contributed by atoms with Gasteiger partial charge in [0.2, 0.25) is 11.8 Å². The van der Waals surface area contributed by atoms with E-state index >= 15 is 0 Å². The van der Waals surface area contributed by atoms with Gasteiger partial charge in [-0.1, -0.05) is 57.0 Å². The predicted molar refractivity (Wildman–Crippen MR) is 138 cm³/mol. The van der Waals surface area contributed by atoms with E-state index in [9.17, 15) is 14.4 Å². The fourth-order valence-corrected chi connectivity index (χ4v) is 4.60. The molecule has 1 aliphatic heterocycles. The van der Waals surface area contributed by atoms with E-state index in [0.717, 1.165) is 36.9 Å². The first-order chi connectivity index (χ1) is 16.6. The summed E-state index contributed by atoms with van der Waals surface area (Å²) in [6, 6.07) is 7.38. The number of nitrogens with one attached hydrogen (secondary N) is 1. The van der Waals surface area contributed by atoms with Crippen molar-refractivity contribution in [3.63, 3.8) is 0 Å². The first-order valence-electron chi connectivity index (χ1n) is 12.8. The van der Waals surface area contributed by atoms with Gasteiger partial charge in [0.25, 0.3) is 0 Å². The SMILES string of the molecule is CCC[C@@H](NC(=O)N1C(=O)C(CC)(CC)C1OCC(=O)N(C)CCCN(C)C)c1ccc(C)cc1. The summed E-state index contributed by atoms with van der Waals surface area (Å²) in [5, 5.41) is 3.04. The molecule has 2 rings (SSSR count). The number of benzene rings is 1. The molecule has 0 bridgehead atoms. The van der Waals surface area contributed by atoms with Crippen LogP contribution in [0.3, 0.4) is 0 Å². The highest BCUT2D eigenvalue weighted by atomic mass is 16.5. The van der Waals surface area contributed by atoms with Crippen LogP contribution in [0.15, 0.2) is 24.3 Å². The summed E-state index contributed by atoms with van der Waals surface area (Å²) in [6.45, 7) is 9.28. The summed E-state index contributed by atoms with van der Waals surface area (Å²) in [6.07, 6.45) is 2.82. The molecule has 196 valence electrons. The number of carbonyl (C=O) groups is 3. The molecule has 0 radical (unpaired) electrons. The van der Waals surface area contributed by atoms with Crippen LogP contribution in [0.4, 0.5) is 4.79 Å². The number of rotatable bonds is 13. The van der Waals surface area contributed by atoms with Crippen molar-refractivity contribution in [2.75, 3.05) is 40.8 Å². The summed E-state index contributed by atoms with van der Waals surface area (Å²) in [5.74, 6) is -0.399. The maximum absolute atomic E-state index is 13.3. The minimum Gasteiger partial charge on any atom is -0.347 e. The minimum absolute atomic E-state index is 0.159. The molecule has 1 aromatic carbocycles. The third-order valence-electron chi connectivity index (χ3n) is 7.08. The Morgan fingerprint density at radius 3 is 2.26 bits per heavy atom. The van der Waals surface area contributed by atoms with Crippen LogP contribution in [-0.2, 0) is 14.3 Å². The fourth-order valence-electron chi connectivity index (χ4n) is 4.60. The van der Waals surface area contributed by atoms with Crippen LogP contribution in [0.5, 0.6) is 0 Å². The smallest absolute Gasteiger partial charge is 0.326 e. The summed E-state index contributed by atoms with van der Waals surface area (Å²) in [7, 11) is 5.75. The van der Waals surface area contributed by atoms with E-state index in [4.69, 9.17) is 4.74 Å². The van der Waals surface area contributed by atoms with Gasteiger partial charge < -0.3 is 19.9 Å². The number of imide groups is 1. The first-order valence-corrected chi connectivity index (χ1v) is 12.8. The lowest BCUT2D eigenvalue weighted by atomic mass is 9.72. The molecule has 1 aliphatic rings. The molecular formula is C27H44N4O4. The zero-order valence-corrected chi connectivity index (χ0v) is 22.6. The summed E-state index contributed by atoms with van der Waals surface area (Å²) in [5.41, 5.74) is 1.36. The van der Waals surface area contributed by atoms with Crippen LogP contribution in [-0.4, -0.2) is 79.6 Å². The maximum Gasteiger partial charge on any atom is 0.326 e. The Balaban J connectivity index is 2.10. The van der Waals surface area contributed by atoms with E-state index < -0.39 is 17.7 Å². The highest BCUT2D eigenvalue weighted by Crippen LogP contribution is 2.46. The third kappa shape index (κ3) is 6.82. The second kappa shape index (κ2) is 13.0.